The van der Waals surface area contributed by atoms with Gasteiger partial charge in [0.15, 0.2) is 6.10 Å². The first-order valence-electron chi connectivity index (χ1n) is 4.77. The van der Waals surface area contributed by atoms with Gasteiger partial charge in [-0.05, 0) is 25.1 Å². The van der Waals surface area contributed by atoms with E-state index in [2.05, 4.69) is 27.2 Å². The molecule has 0 aliphatic heterocycles. The summed E-state index contributed by atoms with van der Waals surface area (Å²) in [5.74, 6) is 2.74. The number of ether oxygens (including phenoxy) is 1. The molecular weight excluding hydrogens is 270 g/mol. The Bertz CT molecular complexity index is 412. The summed E-state index contributed by atoms with van der Waals surface area (Å²) in [4.78, 5) is 11.4. The van der Waals surface area contributed by atoms with Gasteiger partial charge in [0.1, 0.15) is 5.75 Å². The fraction of sp³-hybridized carbons (Fsp3) is 0.250. The van der Waals surface area contributed by atoms with E-state index in [4.69, 9.17) is 11.2 Å². The Morgan fingerprint density at radius 1 is 1.69 bits per heavy atom. The van der Waals surface area contributed by atoms with Crippen molar-refractivity contribution in [3.05, 3.63) is 28.7 Å². The lowest BCUT2D eigenvalue weighted by atomic mass is 10.3. The molecule has 1 aromatic rings. The molecule has 0 saturated carbocycles. The van der Waals surface area contributed by atoms with Crippen LogP contribution in [0.2, 0.25) is 0 Å². The van der Waals surface area contributed by atoms with Crippen LogP contribution in [0.3, 0.4) is 0 Å². The fourth-order valence-electron chi connectivity index (χ4n) is 1.08. The molecule has 0 heterocycles. The number of halogens is 1. The predicted octanol–water partition coefficient (Wildman–Crippen LogP) is 1.97. The molecule has 0 radical (unpaired) electrons. The SMILES string of the molecule is C#CCNC(=O)C(C)Oc1cccc(Br)c1. The van der Waals surface area contributed by atoms with Gasteiger partial charge in [0.05, 0.1) is 6.54 Å². The first-order valence-corrected chi connectivity index (χ1v) is 5.56. The standard InChI is InChI=1S/C12H12BrNO2/c1-3-7-14-12(15)9(2)16-11-6-4-5-10(13)8-11/h1,4-6,8-9H,7H2,2H3,(H,14,15). The molecule has 0 bridgehead atoms. The molecule has 0 spiro atoms. The van der Waals surface area contributed by atoms with Gasteiger partial charge in [-0.25, -0.2) is 0 Å². The third kappa shape index (κ3) is 3.95. The number of hydrogen-bond donors (Lipinski definition) is 1. The minimum Gasteiger partial charge on any atom is -0.481 e. The van der Waals surface area contributed by atoms with Gasteiger partial charge in [-0.1, -0.05) is 27.9 Å². The number of hydrogen-bond acceptors (Lipinski definition) is 2. The first kappa shape index (κ1) is 12.6. The molecule has 0 saturated heterocycles. The summed E-state index contributed by atoms with van der Waals surface area (Å²) in [6.45, 7) is 1.89. The first-order chi connectivity index (χ1) is 7.63. The van der Waals surface area contributed by atoms with Crippen LogP contribution >= 0.6 is 15.9 Å². The van der Waals surface area contributed by atoms with Crippen LogP contribution in [0.25, 0.3) is 0 Å². The molecule has 0 aromatic heterocycles. The van der Waals surface area contributed by atoms with E-state index in [0.717, 1.165) is 4.47 Å². The Hall–Kier alpha value is -1.47. The Morgan fingerprint density at radius 2 is 2.44 bits per heavy atom. The van der Waals surface area contributed by atoms with Gasteiger partial charge in [-0.3, -0.25) is 4.79 Å². The molecule has 1 amide bonds. The number of terminal acetylenes is 1. The average Bonchev–Trinajstić information content (AvgIpc) is 2.25. The van der Waals surface area contributed by atoms with Crippen LogP contribution < -0.4 is 10.1 Å². The summed E-state index contributed by atoms with van der Waals surface area (Å²) in [7, 11) is 0. The number of nitrogens with one attached hydrogen (secondary N) is 1. The largest absolute Gasteiger partial charge is 0.481 e. The highest BCUT2D eigenvalue weighted by Crippen LogP contribution is 2.18. The lowest BCUT2D eigenvalue weighted by Gasteiger charge is -2.13. The Morgan fingerprint density at radius 3 is 3.06 bits per heavy atom. The van der Waals surface area contributed by atoms with Crippen LogP contribution in [0.5, 0.6) is 5.75 Å². The molecule has 0 fully saturated rings. The van der Waals surface area contributed by atoms with Crippen LogP contribution in [-0.4, -0.2) is 18.6 Å². The summed E-state index contributed by atoms with van der Waals surface area (Å²) in [5.41, 5.74) is 0. The summed E-state index contributed by atoms with van der Waals surface area (Å²) < 4.78 is 6.35. The monoisotopic (exact) mass is 281 g/mol. The van der Waals surface area contributed by atoms with Crippen molar-refractivity contribution in [3.63, 3.8) is 0 Å². The van der Waals surface area contributed by atoms with E-state index in [9.17, 15) is 4.79 Å². The maximum atomic E-state index is 11.4. The van der Waals surface area contributed by atoms with Crippen molar-refractivity contribution < 1.29 is 9.53 Å². The van der Waals surface area contributed by atoms with Crippen LogP contribution in [0, 0.1) is 12.3 Å². The molecule has 3 nitrogen and oxygen atoms in total. The number of carbonyl (C=O) groups is 1. The molecule has 4 heteroatoms. The third-order valence-electron chi connectivity index (χ3n) is 1.84. The highest BCUT2D eigenvalue weighted by Gasteiger charge is 2.13. The number of amides is 1. The Kier molecular flexibility index (Phi) is 4.87. The second-order valence-electron chi connectivity index (χ2n) is 3.14. The van der Waals surface area contributed by atoms with Gasteiger partial charge >= 0.3 is 0 Å². The number of benzene rings is 1. The number of rotatable bonds is 4. The van der Waals surface area contributed by atoms with Gasteiger partial charge in [0, 0.05) is 4.47 Å². The molecule has 1 rings (SSSR count). The average molecular weight is 282 g/mol. The van der Waals surface area contributed by atoms with Gasteiger partial charge in [0.25, 0.3) is 5.91 Å². The molecule has 84 valence electrons. The smallest absolute Gasteiger partial charge is 0.261 e. The molecule has 16 heavy (non-hydrogen) atoms. The van der Waals surface area contributed by atoms with E-state index >= 15 is 0 Å². The zero-order chi connectivity index (χ0) is 12.0. The minimum absolute atomic E-state index is 0.213. The van der Waals surface area contributed by atoms with Crippen molar-refractivity contribution in [1.29, 1.82) is 0 Å². The fourth-order valence-corrected chi connectivity index (χ4v) is 1.46. The van der Waals surface area contributed by atoms with Gasteiger partial charge < -0.3 is 10.1 Å². The molecule has 1 atom stereocenters. The molecular formula is C12H12BrNO2. The minimum atomic E-state index is -0.567. The zero-order valence-corrected chi connectivity index (χ0v) is 10.5. The topological polar surface area (TPSA) is 38.3 Å². The van der Waals surface area contributed by atoms with E-state index in [-0.39, 0.29) is 12.5 Å². The summed E-state index contributed by atoms with van der Waals surface area (Å²) in [5, 5.41) is 2.56. The molecule has 0 aliphatic rings. The molecule has 1 N–H and O–H groups in total. The quantitative estimate of drug-likeness (QED) is 0.857. The highest BCUT2D eigenvalue weighted by atomic mass is 79.9. The zero-order valence-electron chi connectivity index (χ0n) is 8.87. The van der Waals surface area contributed by atoms with Crippen molar-refractivity contribution in [2.75, 3.05) is 6.54 Å². The number of carbonyl (C=O) groups excluding carboxylic acids is 1. The summed E-state index contributed by atoms with van der Waals surface area (Å²) in [6.07, 6.45) is 4.47. The lowest BCUT2D eigenvalue weighted by molar-refractivity contribution is -0.126. The molecule has 1 unspecified atom stereocenters. The lowest BCUT2D eigenvalue weighted by Crippen LogP contribution is -2.36. The van der Waals surface area contributed by atoms with Crippen molar-refractivity contribution in [2.45, 2.75) is 13.0 Å². The predicted molar refractivity (Wildman–Crippen MR) is 66.1 cm³/mol. The van der Waals surface area contributed by atoms with Crippen LogP contribution in [-0.2, 0) is 4.79 Å². The van der Waals surface area contributed by atoms with Gasteiger partial charge in [-0.15, -0.1) is 6.42 Å². The van der Waals surface area contributed by atoms with E-state index in [1.54, 1.807) is 19.1 Å². The summed E-state index contributed by atoms with van der Waals surface area (Å²) >= 11 is 3.32. The normalized spacial score (nSPS) is 11.3. The van der Waals surface area contributed by atoms with E-state index in [1.807, 2.05) is 12.1 Å². The molecule has 0 aliphatic carbocycles. The van der Waals surface area contributed by atoms with E-state index in [1.165, 1.54) is 0 Å². The Balaban J connectivity index is 2.54. The van der Waals surface area contributed by atoms with E-state index < -0.39 is 6.10 Å². The van der Waals surface area contributed by atoms with Gasteiger partial charge in [-0.2, -0.15) is 0 Å². The van der Waals surface area contributed by atoms with Crippen molar-refractivity contribution in [1.82, 2.24) is 5.32 Å². The van der Waals surface area contributed by atoms with Crippen molar-refractivity contribution in [2.24, 2.45) is 0 Å². The maximum absolute atomic E-state index is 11.4. The van der Waals surface area contributed by atoms with Crippen LogP contribution in [0.15, 0.2) is 28.7 Å². The summed E-state index contributed by atoms with van der Waals surface area (Å²) in [6, 6.07) is 7.31. The van der Waals surface area contributed by atoms with Crippen molar-refractivity contribution in [3.8, 4) is 18.1 Å². The highest BCUT2D eigenvalue weighted by molar-refractivity contribution is 9.10. The Labute approximate surface area is 103 Å². The van der Waals surface area contributed by atoms with Crippen LogP contribution in [0.1, 0.15) is 6.92 Å². The maximum Gasteiger partial charge on any atom is 0.261 e. The molecule has 1 aromatic carbocycles. The van der Waals surface area contributed by atoms with Gasteiger partial charge in [0.2, 0.25) is 0 Å². The second-order valence-corrected chi connectivity index (χ2v) is 4.06. The van der Waals surface area contributed by atoms with E-state index in [0.29, 0.717) is 5.75 Å². The van der Waals surface area contributed by atoms with Crippen LogP contribution in [0.4, 0.5) is 0 Å². The third-order valence-corrected chi connectivity index (χ3v) is 2.34. The van der Waals surface area contributed by atoms with Crippen molar-refractivity contribution >= 4 is 21.8 Å². The second kappa shape index (κ2) is 6.19.